The van der Waals surface area contributed by atoms with Crippen molar-refractivity contribution in [1.82, 2.24) is 15.2 Å². The summed E-state index contributed by atoms with van der Waals surface area (Å²) in [6.07, 6.45) is 1.75. The fourth-order valence-electron chi connectivity index (χ4n) is 1.33. The van der Waals surface area contributed by atoms with Crippen LogP contribution in [0.1, 0.15) is 18.7 Å². The zero-order chi connectivity index (χ0) is 12.1. The number of nitrogen functional groups attached to an aromatic ring is 1. The van der Waals surface area contributed by atoms with Gasteiger partial charge in [-0.25, -0.2) is 4.98 Å². The third-order valence-electron chi connectivity index (χ3n) is 1.86. The Kier molecular flexibility index (Phi) is 7.10. The Hall–Kier alpha value is -0.850. The Balaban J connectivity index is 0.00000256. The van der Waals surface area contributed by atoms with Crippen LogP contribution in [0.15, 0.2) is 6.20 Å². The first-order valence-electron chi connectivity index (χ1n) is 5.15. The number of nitrogens with zero attached hydrogens (tertiary/aromatic N) is 2. The minimum absolute atomic E-state index is 0. The van der Waals surface area contributed by atoms with Crippen molar-refractivity contribution in [3.05, 3.63) is 11.1 Å². The molecule has 98 valence electrons. The molecular weight excluding hydrogens is 260 g/mol. The molecule has 0 aliphatic carbocycles. The molecule has 0 unspecified atom stereocenters. The summed E-state index contributed by atoms with van der Waals surface area (Å²) >= 11 is 1.45. The second-order valence-corrected chi connectivity index (χ2v) is 5.21. The van der Waals surface area contributed by atoms with Gasteiger partial charge in [-0.15, -0.1) is 23.7 Å². The first-order valence-corrected chi connectivity index (χ1v) is 5.97. The number of nitrogens with two attached hydrogens (primary N) is 1. The molecule has 5 nitrogen and oxygen atoms in total. The van der Waals surface area contributed by atoms with E-state index < -0.39 is 0 Å². The molecule has 0 spiro atoms. The van der Waals surface area contributed by atoms with Crippen molar-refractivity contribution in [2.75, 3.05) is 19.3 Å². The van der Waals surface area contributed by atoms with E-state index in [1.807, 2.05) is 25.8 Å². The van der Waals surface area contributed by atoms with E-state index in [2.05, 4.69) is 10.3 Å². The van der Waals surface area contributed by atoms with Gasteiger partial charge in [-0.2, -0.15) is 0 Å². The monoisotopic (exact) mass is 278 g/mol. The van der Waals surface area contributed by atoms with Gasteiger partial charge in [0.1, 0.15) is 0 Å². The molecule has 0 atom stereocenters. The lowest BCUT2D eigenvalue weighted by molar-refractivity contribution is -0.122. The molecule has 0 aromatic carbocycles. The number of hydrogen-bond donors (Lipinski definition) is 2. The Morgan fingerprint density at radius 2 is 2.29 bits per heavy atom. The van der Waals surface area contributed by atoms with Gasteiger partial charge < -0.3 is 11.1 Å². The van der Waals surface area contributed by atoms with Crippen molar-refractivity contribution >= 4 is 34.8 Å². The van der Waals surface area contributed by atoms with Crippen LogP contribution in [0.3, 0.4) is 0 Å². The van der Waals surface area contributed by atoms with E-state index in [0.717, 1.165) is 4.88 Å². The summed E-state index contributed by atoms with van der Waals surface area (Å²) in [5.41, 5.74) is 5.53. The van der Waals surface area contributed by atoms with Crippen molar-refractivity contribution in [1.29, 1.82) is 0 Å². The van der Waals surface area contributed by atoms with Gasteiger partial charge >= 0.3 is 0 Å². The van der Waals surface area contributed by atoms with E-state index in [-0.39, 0.29) is 24.4 Å². The number of amides is 1. The molecule has 1 aromatic rings. The van der Waals surface area contributed by atoms with Crippen LogP contribution in [-0.2, 0) is 11.3 Å². The van der Waals surface area contributed by atoms with Crippen LogP contribution in [0.25, 0.3) is 0 Å². The summed E-state index contributed by atoms with van der Waals surface area (Å²) in [7, 11) is 1.90. The van der Waals surface area contributed by atoms with Crippen LogP contribution < -0.4 is 11.1 Å². The van der Waals surface area contributed by atoms with Crippen LogP contribution in [0, 0.1) is 0 Å². The lowest BCUT2D eigenvalue weighted by Crippen LogP contribution is -2.38. The molecule has 3 N–H and O–H groups in total. The summed E-state index contributed by atoms with van der Waals surface area (Å²) in [5, 5.41) is 3.41. The quantitative estimate of drug-likeness (QED) is 0.846. The van der Waals surface area contributed by atoms with Crippen LogP contribution in [0.4, 0.5) is 5.13 Å². The molecule has 0 fully saturated rings. The molecule has 0 bridgehead atoms. The first-order chi connectivity index (χ1) is 7.47. The number of hydrogen-bond acceptors (Lipinski definition) is 5. The molecule has 7 heteroatoms. The van der Waals surface area contributed by atoms with Gasteiger partial charge in [0.15, 0.2) is 5.13 Å². The maximum Gasteiger partial charge on any atom is 0.234 e. The molecule has 1 aromatic heterocycles. The lowest BCUT2D eigenvalue weighted by atomic mass is 10.3. The molecule has 0 saturated heterocycles. The lowest BCUT2D eigenvalue weighted by Gasteiger charge is -2.16. The second-order valence-electron chi connectivity index (χ2n) is 4.06. The number of anilines is 1. The minimum Gasteiger partial charge on any atom is -0.375 e. The normalized spacial score (nSPS) is 10.4. The Bertz CT molecular complexity index is 356. The van der Waals surface area contributed by atoms with Crippen molar-refractivity contribution < 1.29 is 4.79 Å². The predicted molar refractivity (Wildman–Crippen MR) is 73.4 cm³/mol. The highest BCUT2D eigenvalue weighted by atomic mass is 35.5. The molecule has 1 rings (SSSR count). The predicted octanol–water partition coefficient (Wildman–Crippen LogP) is 1.10. The Morgan fingerprint density at radius 1 is 1.65 bits per heavy atom. The fraction of sp³-hybridized carbons (Fsp3) is 0.600. The maximum absolute atomic E-state index is 11.5. The maximum atomic E-state index is 11.5. The van der Waals surface area contributed by atoms with E-state index in [4.69, 9.17) is 5.73 Å². The smallest absolute Gasteiger partial charge is 0.234 e. The number of carbonyl (C=O) groups excluding carboxylic acids is 1. The highest BCUT2D eigenvalue weighted by molar-refractivity contribution is 7.15. The van der Waals surface area contributed by atoms with Crippen molar-refractivity contribution in [2.45, 2.75) is 26.4 Å². The van der Waals surface area contributed by atoms with E-state index in [0.29, 0.717) is 18.2 Å². The average molecular weight is 279 g/mol. The number of nitrogens with one attached hydrogen (secondary N) is 1. The fourth-order valence-corrected chi connectivity index (χ4v) is 2.09. The van der Waals surface area contributed by atoms with Gasteiger partial charge in [0, 0.05) is 23.7 Å². The van der Waals surface area contributed by atoms with Gasteiger partial charge in [0.05, 0.1) is 6.54 Å². The van der Waals surface area contributed by atoms with E-state index in [1.165, 1.54) is 11.3 Å². The molecule has 0 radical (unpaired) electrons. The van der Waals surface area contributed by atoms with Crippen molar-refractivity contribution in [3.8, 4) is 0 Å². The standard InChI is InChI=1S/C10H18N4OS.ClH/c1-7(2)13-9(15)6-14(3)5-8-4-12-10(11)16-8;/h4,7H,5-6H2,1-3H3,(H2,11,12)(H,13,15);1H. The van der Waals surface area contributed by atoms with Crippen LogP contribution in [0.2, 0.25) is 0 Å². The summed E-state index contributed by atoms with van der Waals surface area (Å²) < 4.78 is 0. The summed E-state index contributed by atoms with van der Waals surface area (Å²) in [6, 6.07) is 0.181. The number of thiazole rings is 1. The molecule has 17 heavy (non-hydrogen) atoms. The number of rotatable bonds is 5. The molecular formula is C10H19ClN4OS. The SMILES string of the molecule is CC(C)NC(=O)CN(C)Cc1cnc(N)s1.Cl. The molecule has 1 heterocycles. The zero-order valence-electron chi connectivity index (χ0n) is 10.3. The van der Waals surface area contributed by atoms with Crippen LogP contribution in [-0.4, -0.2) is 35.4 Å². The van der Waals surface area contributed by atoms with Gasteiger partial charge in [0.25, 0.3) is 0 Å². The zero-order valence-corrected chi connectivity index (χ0v) is 11.9. The average Bonchev–Trinajstić information content (AvgIpc) is 2.48. The largest absolute Gasteiger partial charge is 0.375 e. The summed E-state index contributed by atoms with van der Waals surface area (Å²) in [6.45, 7) is 4.97. The molecule has 0 aliphatic rings. The van der Waals surface area contributed by atoms with Crippen LogP contribution in [0.5, 0.6) is 0 Å². The summed E-state index contributed by atoms with van der Waals surface area (Å²) in [5.74, 6) is 0.0370. The topological polar surface area (TPSA) is 71.2 Å². The molecule has 1 amide bonds. The number of aromatic nitrogens is 1. The first kappa shape index (κ1) is 16.1. The molecule has 0 saturated carbocycles. The highest BCUT2D eigenvalue weighted by Crippen LogP contribution is 2.15. The third-order valence-corrected chi connectivity index (χ3v) is 2.67. The summed E-state index contributed by atoms with van der Waals surface area (Å²) in [4.78, 5) is 18.4. The van der Waals surface area contributed by atoms with E-state index in [1.54, 1.807) is 6.20 Å². The van der Waals surface area contributed by atoms with Crippen molar-refractivity contribution in [2.24, 2.45) is 0 Å². The number of carbonyl (C=O) groups is 1. The minimum atomic E-state index is 0. The van der Waals surface area contributed by atoms with Gasteiger partial charge in [-0.05, 0) is 20.9 Å². The van der Waals surface area contributed by atoms with Crippen LogP contribution >= 0.6 is 23.7 Å². The third kappa shape index (κ3) is 6.45. The van der Waals surface area contributed by atoms with E-state index in [9.17, 15) is 4.79 Å². The van der Waals surface area contributed by atoms with Gasteiger partial charge in [-0.1, -0.05) is 0 Å². The van der Waals surface area contributed by atoms with Gasteiger partial charge in [-0.3, -0.25) is 9.69 Å². The van der Waals surface area contributed by atoms with Gasteiger partial charge in [0.2, 0.25) is 5.91 Å². The van der Waals surface area contributed by atoms with E-state index >= 15 is 0 Å². The number of halogens is 1. The highest BCUT2D eigenvalue weighted by Gasteiger charge is 2.09. The molecule has 0 aliphatic heterocycles. The van der Waals surface area contributed by atoms with Crippen molar-refractivity contribution in [3.63, 3.8) is 0 Å². The second kappa shape index (κ2) is 7.47. The Morgan fingerprint density at radius 3 is 2.76 bits per heavy atom. The number of likely N-dealkylation sites (N-methyl/N-ethyl adjacent to an activating group) is 1. The Labute approximate surface area is 112 Å².